The first-order chi connectivity index (χ1) is 17.6. The number of rotatable bonds is 8. The molecule has 0 bridgehead atoms. The van der Waals surface area contributed by atoms with Gasteiger partial charge in [0.05, 0.1) is 11.1 Å². The van der Waals surface area contributed by atoms with Crippen LogP contribution in [0, 0.1) is 20.8 Å². The van der Waals surface area contributed by atoms with Gasteiger partial charge in [-0.15, -0.1) is 0 Å². The van der Waals surface area contributed by atoms with Crippen molar-refractivity contribution in [3.63, 3.8) is 0 Å². The van der Waals surface area contributed by atoms with E-state index in [0.29, 0.717) is 24.5 Å². The molecule has 37 heavy (non-hydrogen) atoms. The van der Waals surface area contributed by atoms with E-state index in [1.807, 2.05) is 24.3 Å². The molecule has 1 aliphatic rings. The molecular weight excluding hydrogens is 510 g/mol. The van der Waals surface area contributed by atoms with Gasteiger partial charge in [0.1, 0.15) is 18.4 Å². The Labute approximate surface area is 223 Å². The number of nitrogens with zero attached hydrogens (tertiary/aromatic N) is 2. The normalized spacial score (nSPS) is 16.3. The van der Waals surface area contributed by atoms with Crippen LogP contribution in [0.25, 0.3) is 0 Å². The third kappa shape index (κ3) is 6.39. The Morgan fingerprint density at radius 3 is 2.38 bits per heavy atom. The van der Waals surface area contributed by atoms with Crippen LogP contribution >= 0.6 is 11.6 Å². The topological polar surface area (TPSA) is 88.1 Å². The zero-order valence-electron chi connectivity index (χ0n) is 21.1. The molecule has 1 aliphatic heterocycles. The number of sulfonamides is 1. The van der Waals surface area contributed by atoms with Crippen LogP contribution in [0.15, 0.2) is 70.7 Å². The summed E-state index contributed by atoms with van der Waals surface area (Å²) in [6.07, 6.45) is 2.54. The SMILES string of the molecule is Cc1cc(C)c(COc2ccc(/C=N\NC(=O)[C@H]3CCCN3S(=O)(=O)c3ccc(Cl)cc3)cc2)c(C)c1. The van der Waals surface area contributed by atoms with E-state index in [4.69, 9.17) is 16.3 Å². The van der Waals surface area contributed by atoms with Crippen LogP contribution in [-0.4, -0.2) is 37.4 Å². The number of nitrogens with one attached hydrogen (secondary N) is 1. The molecule has 3 aromatic carbocycles. The maximum absolute atomic E-state index is 13.0. The average Bonchev–Trinajstić information content (AvgIpc) is 3.36. The van der Waals surface area contributed by atoms with E-state index in [1.165, 1.54) is 57.0 Å². The van der Waals surface area contributed by atoms with Gasteiger partial charge < -0.3 is 4.74 Å². The smallest absolute Gasteiger partial charge is 0.258 e. The Hall–Kier alpha value is -3.20. The maximum Gasteiger partial charge on any atom is 0.258 e. The van der Waals surface area contributed by atoms with E-state index in [1.54, 1.807) is 0 Å². The number of hydrogen-bond donors (Lipinski definition) is 1. The summed E-state index contributed by atoms with van der Waals surface area (Å²) in [7, 11) is -3.82. The molecule has 0 spiro atoms. The zero-order chi connectivity index (χ0) is 26.6. The van der Waals surface area contributed by atoms with Crippen molar-refractivity contribution in [2.75, 3.05) is 6.54 Å². The van der Waals surface area contributed by atoms with E-state index < -0.39 is 22.0 Å². The Kier molecular flexibility index (Phi) is 8.32. The summed E-state index contributed by atoms with van der Waals surface area (Å²) in [5.41, 5.74) is 8.08. The second-order valence-electron chi connectivity index (χ2n) is 9.20. The van der Waals surface area contributed by atoms with Crippen molar-refractivity contribution >= 4 is 33.7 Å². The highest BCUT2D eigenvalue weighted by Crippen LogP contribution is 2.27. The first-order valence-corrected chi connectivity index (χ1v) is 13.9. The fraction of sp³-hybridized carbons (Fsp3) is 0.286. The lowest BCUT2D eigenvalue weighted by atomic mass is 10.0. The van der Waals surface area contributed by atoms with Gasteiger partial charge in [0.15, 0.2) is 0 Å². The van der Waals surface area contributed by atoms with Crippen LogP contribution in [-0.2, 0) is 21.4 Å². The number of hydrogen-bond acceptors (Lipinski definition) is 5. The highest BCUT2D eigenvalue weighted by molar-refractivity contribution is 7.89. The predicted octanol–water partition coefficient (Wildman–Crippen LogP) is 5.15. The van der Waals surface area contributed by atoms with Gasteiger partial charge in [-0.3, -0.25) is 4.79 Å². The lowest BCUT2D eigenvalue weighted by Gasteiger charge is -2.22. The van der Waals surface area contributed by atoms with Gasteiger partial charge in [0.2, 0.25) is 10.0 Å². The summed E-state index contributed by atoms with van der Waals surface area (Å²) in [5, 5.41) is 4.48. The number of amides is 1. The van der Waals surface area contributed by atoms with Crippen molar-refractivity contribution in [3.8, 4) is 5.75 Å². The molecule has 3 aromatic rings. The lowest BCUT2D eigenvalue weighted by molar-refractivity contribution is -0.124. The molecule has 9 heteroatoms. The van der Waals surface area contributed by atoms with Crippen LogP contribution in [0.1, 0.15) is 40.7 Å². The van der Waals surface area contributed by atoms with Gasteiger partial charge >= 0.3 is 0 Å². The Morgan fingerprint density at radius 1 is 1.08 bits per heavy atom. The molecule has 1 amide bonds. The minimum absolute atomic E-state index is 0.107. The largest absolute Gasteiger partial charge is 0.489 e. The van der Waals surface area contributed by atoms with Crippen LogP contribution in [0.5, 0.6) is 5.75 Å². The van der Waals surface area contributed by atoms with Crippen molar-refractivity contribution in [2.45, 2.75) is 51.2 Å². The molecule has 7 nitrogen and oxygen atoms in total. The molecule has 0 aliphatic carbocycles. The standard InChI is InChI=1S/C28H30ClN3O4S/c1-19-15-20(2)26(21(3)16-19)18-36-24-10-6-22(7-11-24)17-30-31-28(33)27-5-4-14-32(27)37(34,35)25-12-8-23(29)9-13-25/h6-13,15-17,27H,4-5,14,18H2,1-3H3,(H,31,33)/b30-17-/t27-/m1/s1. The zero-order valence-corrected chi connectivity index (χ0v) is 22.6. The predicted molar refractivity (Wildman–Crippen MR) is 146 cm³/mol. The highest BCUT2D eigenvalue weighted by atomic mass is 35.5. The summed E-state index contributed by atoms with van der Waals surface area (Å²) < 4.78 is 33.3. The molecule has 0 aromatic heterocycles. The molecule has 1 atom stereocenters. The van der Waals surface area contributed by atoms with Crippen molar-refractivity contribution in [1.82, 2.24) is 9.73 Å². The molecule has 1 heterocycles. The fourth-order valence-corrected chi connectivity index (χ4v) is 6.30. The third-order valence-electron chi connectivity index (χ3n) is 6.42. The van der Waals surface area contributed by atoms with Crippen molar-refractivity contribution in [2.24, 2.45) is 5.10 Å². The minimum Gasteiger partial charge on any atom is -0.489 e. The molecule has 0 unspecified atom stereocenters. The van der Waals surface area contributed by atoms with E-state index in [-0.39, 0.29) is 11.4 Å². The molecule has 0 saturated carbocycles. The third-order valence-corrected chi connectivity index (χ3v) is 8.59. The number of carbonyl (C=O) groups is 1. The molecular formula is C28H30ClN3O4S. The number of halogens is 1. The molecule has 4 rings (SSSR count). The second-order valence-corrected chi connectivity index (χ2v) is 11.5. The monoisotopic (exact) mass is 539 g/mol. The van der Waals surface area contributed by atoms with Crippen molar-refractivity contribution < 1.29 is 17.9 Å². The Morgan fingerprint density at radius 2 is 1.73 bits per heavy atom. The van der Waals surface area contributed by atoms with E-state index in [2.05, 4.69) is 43.4 Å². The van der Waals surface area contributed by atoms with E-state index in [9.17, 15) is 13.2 Å². The van der Waals surface area contributed by atoms with Crippen LogP contribution in [0.3, 0.4) is 0 Å². The summed E-state index contributed by atoms with van der Waals surface area (Å²) in [6.45, 7) is 7.02. The number of benzene rings is 3. The van der Waals surface area contributed by atoms with Crippen LogP contribution < -0.4 is 10.2 Å². The Bertz CT molecular complexity index is 1380. The van der Waals surface area contributed by atoms with Gasteiger partial charge in [-0.05, 0) is 104 Å². The molecule has 0 radical (unpaired) electrons. The summed E-state index contributed by atoms with van der Waals surface area (Å²) in [4.78, 5) is 12.9. The first kappa shape index (κ1) is 26.9. The van der Waals surface area contributed by atoms with Crippen LogP contribution in [0.2, 0.25) is 5.02 Å². The van der Waals surface area contributed by atoms with Crippen molar-refractivity contribution in [1.29, 1.82) is 0 Å². The number of ether oxygens (including phenoxy) is 1. The second kappa shape index (κ2) is 11.5. The summed E-state index contributed by atoms with van der Waals surface area (Å²) >= 11 is 5.88. The average molecular weight is 540 g/mol. The first-order valence-electron chi connectivity index (χ1n) is 12.0. The Balaban J connectivity index is 1.34. The van der Waals surface area contributed by atoms with Gasteiger partial charge in [0.25, 0.3) is 5.91 Å². The number of carbonyl (C=O) groups excluding carboxylic acids is 1. The molecule has 1 N–H and O–H groups in total. The van der Waals surface area contributed by atoms with Gasteiger partial charge in [-0.25, -0.2) is 13.8 Å². The number of aryl methyl sites for hydroxylation is 3. The van der Waals surface area contributed by atoms with Crippen molar-refractivity contribution in [3.05, 3.63) is 93.5 Å². The van der Waals surface area contributed by atoms with Gasteiger partial charge in [0, 0.05) is 11.6 Å². The molecule has 1 fully saturated rings. The van der Waals surface area contributed by atoms with E-state index >= 15 is 0 Å². The molecule has 194 valence electrons. The molecule has 1 saturated heterocycles. The lowest BCUT2D eigenvalue weighted by Crippen LogP contribution is -2.44. The minimum atomic E-state index is -3.82. The highest BCUT2D eigenvalue weighted by Gasteiger charge is 2.39. The van der Waals surface area contributed by atoms with E-state index in [0.717, 1.165) is 11.3 Å². The van der Waals surface area contributed by atoms with Crippen LogP contribution in [0.4, 0.5) is 0 Å². The quantitative estimate of drug-likeness (QED) is 0.317. The fourth-order valence-electron chi connectivity index (χ4n) is 4.52. The van der Waals surface area contributed by atoms with Gasteiger partial charge in [-0.2, -0.15) is 9.41 Å². The maximum atomic E-state index is 13.0. The summed E-state index contributed by atoms with van der Waals surface area (Å²) in [5.74, 6) is 0.268. The number of hydrazone groups is 1. The van der Waals surface area contributed by atoms with Gasteiger partial charge in [-0.1, -0.05) is 29.3 Å². The summed E-state index contributed by atoms with van der Waals surface area (Å²) in [6, 6.07) is 16.8.